The summed E-state index contributed by atoms with van der Waals surface area (Å²) in [6.07, 6.45) is 2.27. The molecule has 4 heteroatoms. The zero-order chi connectivity index (χ0) is 13.9. The Morgan fingerprint density at radius 3 is 2.75 bits per heavy atom. The molecular weight excluding hydrogens is 270 g/mol. The largest absolute Gasteiger partial charge is 0.352 e. The first-order valence-electron chi connectivity index (χ1n) is 6.95. The summed E-state index contributed by atoms with van der Waals surface area (Å²) in [4.78, 5) is 6.90. The molecule has 2 heterocycles. The third-order valence-corrected chi connectivity index (χ3v) is 4.12. The Morgan fingerprint density at radius 1 is 1.15 bits per heavy atom. The van der Waals surface area contributed by atoms with Crippen LogP contribution in [0.3, 0.4) is 0 Å². The molecule has 0 radical (unpaired) electrons. The number of hydrogen-bond acceptors (Lipinski definition) is 3. The average molecular weight is 288 g/mol. The first-order valence-corrected chi connectivity index (χ1v) is 7.33. The topological polar surface area (TPSA) is 42.1 Å². The molecule has 104 valence electrons. The Hall–Kier alpha value is -1.58. The Bertz CT molecular complexity index is 612. The molecule has 1 aliphatic heterocycles. The van der Waals surface area contributed by atoms with Gasteiger partial charge in [-0.15, -0.1) is 0 Å². The lowest BCUT2D eigenvalue weighted by molar-refractivity contribution is 0.751. The molecule has 0 spiro atoms. The van der Waals surface area contributed by atoms with E-state index in [1.165, 1.54) is 11.1 Å². The van der Waals surface area contributed by atoms with Crippen molar-refractivity contribution in [2.24, 2.45) is 5.73 Å². The lowest BCUT2D eigenvalue weighted by atomic mass is 10.0. The number of benzene rings is 1. The van der Waals surface area contributed by atoms with Gasteiger partial charge >= 0.3 is 0 Å². The number of pyridine rings is 1. The predicted molar refractivity (Wildman–Crippen MR) is 83.0 cm³/mol. The molecule has 0 amide bonds. The minimum atomic E-state index is 0.372. The lowest BCUT2D eigenvalue weighted by Gasteiger charge is -2.22. The van der Waals surface area contributed by atoms with Crippen molar-refractivity contribution in [2.45, 2.75) is 25.9 Å². The Kier molecular flexibility index (Phi) is 3.90. The summed E-state index contributed by atoms with van der Waals surface area (Å²) >= 11 is 6.09. The van der Waals surface area contributed by atoms with E-state index in [9.17, 15) is 0 Å². The number of aryl methyl sites for hydroxylation is 1. The summed E-state index contributed by atoms with van der Waals surface area (Å²) in [7, 11) is 0. The van der Waals surface area contributed by atoms with Crippen LogP contribution in [0.4, 0.5) is 5.82 Å². The van der Waals surface area contributed by atoms with Gasteiger partial charge in [-0.1, -0.05) is 35.9 Å². The van der Waals surface area contributed by atoms with Crippen LogP contribution in [0.5, 0.6) is 0 Å². The van der Waals surface area contributed by atoms with E-state index >= 15 is 0 Å². The molecule has 1 aromatic heterocycles. The van der Waals surface area contributed by atoms with Gasteiger partial charge in [0, 0.05) is 19.6 Å². The summed E-state index contributed by atoms with van der Waals surface area (Å²) in [6, 6.07) is 12.5. The molecule has 1 aromatic carbocycles. The van der Waals surface area contributed by atoms with Crippen LogP contribution in [0.15, 0.2) is 36.4 Å². The minimum Gasteiger partial charge on any atom is -0.352 e. The average Bonchev–Trinajstić information content (AvgIpc) is 2.70. The molecule has 0 saturated carbocycles. The van der Waals surface area contributed by atoms with Gasteiger partial charge in [-0.05, 0) is 36.1 Å². The molecule has 1 aliphatic rings. The van der Waals surface area contributed by atoms with Gasteiger partial charge in [0.15, 0.2) is 0 Å². The Balaban J connectivity index is 1.91. The molecule has 0 aliphatic carbocycles. The van der Waals surface area contributed by atoms with Crippen LogP contribution >= 0.6 is 11.6 Å². The number of nitrogens with zero attached hydrogens (tertiary/aromatic N) is 2. The van der Waals surface area contributed by atoms with Crippen molar-refractivity contribution >= 4 is 17.4 Å². The van der Waals surface area contributed by atoms with Gasteiger partial charge in [-0.25, -0.2) is 4.98 Å². The minimum absolute atomic E-state index is 0.372. The first-order chi connectivity index (χ1) is 9.78. The second-order valence-electron chi connectivity index (χ2n) is 5.10. The van der Waals surface area contributed by atoms with Crippen molar-refractivity contribution in [3.05, 3.63) is 58.2 Å². The summed E-state index contributed by atoms with van der Waals surface area (Å²) in [5.41, 5.74) is 9.29. The predicted octanol–water partition coefficient (Wildman–Crippen LogP) is 3.15. The van der Waals surface area contributed by atoms with Gasteiger partial charge in [0.1, 0.15) is 5.82 Å². The fourth-order valence-corrected chi connectivity index (χ4v) is 2.87. The number of nitrogens with two attached hydrogens (primary N) is 1. The highest BCUT2D eigenvalue weighted by molar-refractivity contribution is 6.31. The van der Waals surface area contributed by atoms with E-state index in [1.807, 2.05) is 12.1 Å². The second kappa shape index (κ2) is 5.81. The van der Waals surface area contributed by atoms with Crippen LogP contribution in [-0.2, 0) is 19.5 Å². The van der Waals surface area contributed by atoms with Gasteiger partial charge in [0.2, 0.25) is 0 Å². The summed E-state index contributed by atoms with van der Waals surface area (Å²) in [6.45, 7) is 2.28. The van der Waals surface area contributed by atoms with Crippen molar-refractivity contribution in [1.29, 1.82) is 0 Å². The van der Waals surface area contributed by atoms with Crippen LogP contribution in [0.1, 0.15) is 23.2 Å². The first kappa shape index (κ1) is 13.4. The van der Waals surface area contributed by atoms with E-state index in [-0.39, 0.29) is 0 Å². The summed E-state index contributed by atoms with van der Waals surface area (Å²) < 4.78 is 0. The van der Waals surface area contributed by atoms with E-state index in [1.54, 1.807) is 0 Å². The highest BCUT2D eigenvalue weighted by atomic mass is 35.5. The van der Waals surface area contributed by atoms with Gasteiger partial charge in [0.25, 0.3) is 0 Å². The second-order valence-corrected chi connectivity index (χ2v) is 5.50. The van der Waals surface area contributed by atoms with Gasteiger partial charge in [-0.2, -0.15) is 0 Å². The van der Waals surface area contributed by atoms with Crippen LogP contribution in [0, 0.1) is 0 Å². The van der Waals surface area contributed by atoms with Gasteiger partial charge < -0.3 is 10.6 Å². The number of aromatic nitrogens is 1. The van der Waals surface area contributed by atoms with E-state index in [0.29, 0.717) is 11.6 Å². The molecule has 3 nitrogen and oxygen atoms in total. The lowest BCUT2D eigenvalue weighted by Crippen LogP contribution is -2.24. The third-order valence-electron chi connectivity index (χ3n) is 3.78. The quantitative estimate of drug-likeness (QED) is 0.923. The van der Waals surface area contributed by atoms with Crippen molar-refractivity contribution in [3.8, 4) is 0 Å². The Labute approximate surface area is 124 Å². The van der Waals surface area contributed by atoms with Crippen LogP contribution in [-0.4, -0.2) is 11.5 Å². The standard InChI is InChI=1S/C16H18ClN3/c17-14-7-8-16(19-15(14)10-18)20-9-3-6-12-4-1-2-5-13(12)11-20/h1-2,4-5,7-8H,3,6,9-11,18H2. The van der Waals surface area contributed by atoms with Crippen LogP contribution < -0.4 is 10.6 Å². The molecule has 0 saturated heterocycles. The van der Waals surface area contributed by atoms with Crippen molar-refractivity contribution in [2.75, 3.05) is 11.4 Å². The maximum atomic E-state index is 6.09. The van der Waals surface area contributed by atoms with E-state index in [2.05, 4.69) is 34.1 Å². The normalized spacial score (nSPS) is 14.8. The number of fused-ring (bicyclic) bond motifs is 1. The van der Waals surface area contributed by atoms with E-state index in [0.717, 1.165) is 37.4 Å². The smallest absolute Gasteiger partial charge is 0.129 e. The monoisotopic (exact) mass is 287 g/mol. The number of hydrogen-bond donors (Lipinski definition) is 1. The van der Waals surface area contributed by atoms with Crippen molar-refractivity contribution in [3.63, 3.8) is 0 Å². The molecule has 0 bridgehead atoms. The highest BCUT2D eigenvalue weighted by Crippen LogP contribution is 2.24. The molecule has 2 aromatic rings. The maximum absolute atomic E-state index is 6.09. The van der Waals surface area contributed by atoms with Crippen molar-refractivity contribution < 1.29 is 0 Å². The molecule has 0 atom stereocenters. The summed E-state index contributed by atoms with van der Waals surface area (Å²) in [5, 5.41) is 0.645. The summed E-state index contributed by atoms with van der Waals surface area (Å²) in [5.74, 6) is 0.964. The number of anilines is 1. The molecule has 2 N–H and O–H groups in total. The van der Waals surface area contributed by atoms with Gasteiger partial charge in [-0.3, -0.25) is 0 Å². The van der Waals surface area contributed by atoms with E-state index in [4.69, 9.17) is 17.3 Å². The van der Waals surface area contributed by atoms with Crippen LogP contribution in [0.25, 0.3) is 0 Å². The molecule has 0 fully saturated rings. The number of halogens is 1. The SMILES string of the molecule is NCc1nc(N2CCCc3ccccc3C2)ccc1Cl. The Morgan fingerprint density at radius 2 is 1.95 bits per heavy atom. The van der Waals surface area contributed by atoms with Gasteiger partial charge in [0.05, 0.1) is 10.7 Å². The fraction of sp³-hybridized carbons (Fsp3) is 0.312. The number of rotatable bonds is 2. The molecular formula is C16H18ClN3. The zero-order valence-corrected chi connectivity index (χ0v) is 12.1. The van der Waals surface area contributed by atoms with Crippen LogP contribution in [0.2, 0.25) is 5.02 Å². The molecule has 0 unspecified atom stereocenters. The molecule has 20 heavy (non-hydrogen) atoms. The zero-order valence-electron chi connectivity index (χ0n) is 11.3. The van der Waals surface area contributed by atoms with Crippen molar-refractivity contribution in [1.82, 2.24) is 4.98 Å². The third kappa shape index (κ3) is 2.65. The van der Waals surface area contributed by atoms with E-state index < -0.39 is 0 Å². The highest BCUT2D eigenvalue weighted by Gasteiger charge is 2.16. The maximum Gasteiger partial charge on any atom is 0.129 e. The molecule has 3 rings (SSSR count). The fourth-order valence-electron chi connectivity index (χ4n) is 2.69.